The second-order valence-corrected chi connectivity index (χ2v) is 6.66. The van der Waals surface area contributed by atoms with Gasteiger partial charge in [0, 0.05) is 19.7 Å². The number of halogens is 1. The van der Waals surface area contributed by atoms with Crippen molar-refractivity contribution in [2.45, 2.75) is 47.1 Å². The van der Waals surface area contributed by atoms with Crippen LogP contribution in [0.15, 0.2) is 29.3 Å². The van der Waals surface area contributed by atoms with Crippen molar-refractivity contribution in [2.24, 2.45) is 16.8 Å². The molecular formula is C20H36IN3O2. The average molecular weight is 477 g/mol. The summed E-state index contributed by atoms with van der Waals surface area (Å²) in [7, 11) is 0. The molecule has 0 aliphatic rings. The van der Waals surface area contributed by atoms with E-state index in [1.807, 2.05) is 25.1 Å². The van der Waals surface area contributed by atoms with E-state index in [0.717, 1.165) is 43.2 Å². The minimum atomic E-state index is 0. The van der Waals surface area contributed by atoms with Gasteiger partial charge in [0.1, 0.15) is 5.75 Å². The first-order valence-electron chi connectivity index (χ1n) is 9.43. The maximum atomic E-state index is 9.25. The van der Waals surface area contributed by atoms with E-state index in [2.05, 4.69) is 42.5 Å². The fraction of sp³-hybridized carbons (Fsp3) is 0.650. The molecule has 0 radical (unpaired) electrons. The zero-order chi connectivity index (χ0) is 18.5. The van der Waals surface area contributed by atoms with Crippen LogP contribution in [-0.4, -0.2) is 37.4 Å². The summed E-state index contributed by atoms with van der Waals surface area (Å²) >= 11 is 0. The van der Waals surface area contributed by atoms with E-state index in [1.165, 1.54) is 0 Å². The van der Waals surface area contributed by atoms with E-state index in [1.54, 1.807) is 0 Å². The first-order valence-corrected chi connectivity index (χ1v) is 9.43. The van der Waals surface area contributed by atoms with Gasteiger partial charge in [-0.15, -0.1) is 24.0 Å². The molecule has 5 nitrogen and oxygen atoms in total. The molecule has 1 atom stereocenters. The molecule has 0 fully saturated rings. The van der Waals surface area contributed by atoms with Crippen LogP contribution in [0.5, 0.6) is 5.75 Å². The van der Waals surface area contributed by atoms with E-state index in [4.69, 9.17) is 4.74 Å². The van der Waals surface area contributed by atoms with Crippen molar-refractivity contribution in [1.29, 1.82) is 0 Å². The van der Waals surface area contributed by atoms with Gasteiger partial charge in [-0.2, -0.15) is 0 Å². The van der Waals surface area contributed by atoms with Crippen molar-refractivity contribution in [3.8, 4) is 5.75 Å². The number of hydrogen-bond acceptors (Lipinski definition) is 3. The summed E-state index contributed by atoms with van der Waals surface area (Å²) < 4.78 is 5.54. The number of aliphatic imine (C=N–C) groups is 1. The van der Waals surface area contributed by atoms with Gasteiger partial charge >= 0.3 is 0 Å². The molecule has 0 aliphatic carbocycles. The molecule has 0 aromatic heterocycles. The van der Waals surface area contributed by atoms with Gasteiger partial charge in [0.2, 0.25) is 0 Å². The maximum Gasteiger partial charge on any atom is 0.191 e. The Balaban J connectivity index is 0.00000625. The predicted octanol–water partition coefficient (Wildman–Crippen LogP) is 3.80. The number of nitrogens with zero attached hydrogens (tertiary/aromatic N) is 1. The number of nitrogens with one attached hydrogen (secondary N) is 2. The summed E-state index contributed by atoms with van der Waals surface area (Å²) in [5.41, 5.74) is 1.12. The lowest BCUT2D eigenvalue weighted by Gasteiger charge is -2.20. The molecule has 1 unspecified atom stereocenters. The summed E-state index contributed by atoms with van der Waals surface area (Å²) in [5.74, 6) is 2.78. The first kappa shape index (κ1) is 25.0. The third-order valence-electron chi connectivity index (χ3n) is 3.87. The van der Waals surface area contributed by atoms with E-state index in [0.29, 0.717) is 25.0 Å². The Kier molecular flexibility index (Phi) is 14.5. The van der Waals surface area contributed by atoms with Crippen LogP contribution >= 0.6 is 24.0 Å². The Morgan fingerprint density at radius 1 is 1.23 bits per heavy atom. The standard InChI is InChI=1S/C20H35N3O2.HI/c1-5-21-20(23-15-18(10-11-24)12-16(3)4)22-14-17-8-7-9-19(13-17)25-6-2;/h7-9,13,16,18,24H,5-6,10-12,14-15H2,1-4H3,(H2,21,22,23);1H. The van der Waals surface area contributed by atoms with Crippen molar-refractivity contribution in [1.82, 2.24) is 10.6 Å². The summed E-state index contributed by atoms with van der Waals surface area (Å²) in [6.45, 7) is 11.6. The molecule has 6 heteroatoms. The second kappa shape index (κ2) is 15.1. The predicted molar refractivity (Wildman–Crippen MR) is 120 cm³/mol. The Morgan fingerprint density at radius 2 is 2.00 bits per heavy atom. The van der Waals surface area contributed by atoms with E-state index < -0.39 is 0 Å². The molecule has 1 aromatic rings. The number of rotatable bonds is 11. The van der Waals surface area contributed by atoms with Gasteiger partial charge in [-0.25, -0.2) is 4.99 Å². The van der Waals surface area contributed by atoms with Crippen LogP contribution < -0.4 is 15.4 Å². The molecule has 3 N–H and O–H groups in total. The maximum absolute atomic E-state index is 9.25. The molecule has 0 bridgehead atoms. The molecule has 0 saturated carbocycles. The van der Waals surface area contributed by atoms with Crippen LogP contribution in [0, 0.1) is 11.8 Å². The SMILES string of the molecule is CCNC(=NCc1cccc(OCC)c1)NCC(CCO)CC(C)C.I. The Morgan fingerprint density at radius 3 is 2.62 bits per heavy atom. The fourth-order valence-electron chi connectivity index (χ4n) is 2.81. The molecule has 1 aromatic carbocycles. The molecule has 0 amide bonds. The number of ether oxygens (including phenoxy) is 1. The Bertz CT molecular complexity index is 510. The highest BCUT2D eigenvalue weighted by Gasteiger charge is 2.11. The van der Waals surface area contributed by atoms with Gasteiger partial charge in [-0.3, -0.25) is 0 Å². The third kappa shape index (κ3) is 10.9. The number of guanidine groups is 1. The Hall–Kier alpha value is -1.02. The van der Waals surface area contributed by atoms with Crippen molar-refractivity contribution >= 4 is 29.9 Å². The van der Waals surface area contributed by atoms with Crippen molar-refractivity contribution < 1.29 is 9.84 Å². The lowest BCUT2D eigenvalue weighted by molar-refractivity contribution is 0.243. The number of hydrogen-bond donors (Lipinski definition) is 3. The second-order valence-electron chi connectivity index (χ2n) is 6.66. The van der Waals surface area contributed by atoms with E-state index in [-0.39, 0.29) is 30.6 Å². The monoisotopic (exact) mass is 477 g/mol. The lowest BCUT2D eigenvalue weighted by atomic mass is 9.94. The number of benzene rings is 1. The smallest absolute Gasteiger partial charge is 0.191 e. The molecule has 1 rings (SSSR count). The minimum Gasteiger partial charge on any atom is -0.494 e. The zero-order valence-corrected chi connectivity index (χ0v) is 19.0. The van der Waals surface area contributed by atoms with E-state index >= 15 is 0 Å². The highest BCUT2D eigenvalue weighted by atomic mass is 127. The highest BCUT2D eigenvalue weighted by molar-refractivity contribution is 14.0. The lowest BCUT2D eigenvalue weighted by Crippen LogP contribution is -2.40. The minimum absolute atomic E-state index is 0. The van der Waals surface area contributed by atoms with E-state index in [9.17, 15) is 5.11 Å². The normalized spacial score (nSPS) is 12.5. The molecular weight excluding hydrogens is 441 g/mol. The first-order chi connectivity index (χ1) is 12.1. The van der Waals surface area contributed by atoms with Gasteiger partial charge in [0.05, 0.1) is 13.2 Å². The van der Waals surface area contributed by atoms with Crippen LogP contribution in [0.3, 0.4) is 0 Å². The Labute approximate surface area is 176 Å². The van der Waals surface area contributed by atoms with Crippen LogP contribution in [0.4, 0.5) is 0 Å². The van der Waals surface area contributed by atoms with Crippen LogP contribution in [0.1, 0.15) is 46.1 Å². The molecule has 0 saturated heterocycles. The van der Waals surface area contributed by atoms with Crippen LogP contribution in [-0.2, 0) is 6.54 Å². The van der Waals surface area contributed by atoms with Gasteiger partial charge in [0.15, 0.2) is 5.96 Å². The number of aliphatic hydroxyl groups is 1. The van der Waals surface area contributed by atoms with Gasteiger partial charge in [-0.05, 0) is 56.2 Å². The van der Waals surface area contributed by atoms with Gasteiger partial charge in [0.25, 0.3) is 0 Å². The van der Waals surface area contributed by atoms with Crippen molar-refractivity contribution in [3.05, 3.63) is 29.8 Å². The molecule has 0 aliphatic heterocycles. The molecule has 150 valence electrons. The molecule has 26 heavy (non-hydrogen) atoms. The average Bonchev–Trinajstić information content (AvgIpc) is 2.57. The topological polar surface area (TPSA) is 65.9 Å². The van der Waals surface area contributed by atoms with Crippen LogP contribution in [0.2, 0.25) is 0 Å². The summed E-state index contributed by atoms with van der Waals surface area (Å²) in [5, 5.41) is 16.0. The molecule has 0 spiro atoms. The quantitative estimate of drug-likeness (QED) is 0.258. The largest absolute Gasteiger partial charge is 0.494 e. The highest BCUT2D eigenvalue weighted by Crippen LogP contribution is 2.15. The zero-order valence-electron chi connectivity index (χ0n) is 16.6. The summed E-state index contributed by atoms with van der Waals surface area (Å²) in [4.78, 5) is 4.67. The summed E-state index contributed by atoms with van der Waals surface area (Å²) in [6.07, 6.45) is 1.92. The van der Waals surface area contributed by atoms with Crippen LogP contribution in [0.25, 0.3) is 0 Å². The third-order valence-corrected chi connectivity index (χ3v) is 3.87. The van der Waals surface area contributed by atoms with Crippen molar-refractivity contribution in [3.63, 3.8) is 0 Å². The van der Waals surface area contributed by atoms with Gasteiger partial charge in [-0.1, -0.05) is 26.0 Å². The van der Waals surface area contributed by atoms with Crippen molar-refractivity contribution in [2.75, 3.05) is 26.3 Å². The number of aliphatic hydroxyl groups excluding tert-OH is 1. The fourth-order valence-corrected chi connectivity index (χ4v) is 2.81. The van der Waals surface area contributed by atoms with Gasteiger partial charge < -0.3 is 20.5 Å². The summed E-state index contributed by atoms with van der Waals surface area (Å²) in [6, 6.07) is 8.05. The molecule has 0 heterocycles.